The molecule has 11 heteroatoms. The summed E-state index contributed by atoms with van der Waals surface area (Å²) in [5.74, 6) is -0.944. The van der Waals surface area contributed by atoms with Gasteiger partial charge >= 0.3 is 0 Å². The van der Waals surface area contributed by atoms with Crippen molar-refractivity contribution < 1.29 is 27.1 Å². The lowest BCUT2D eigenvalue weighted by Crippen LogP contribution is -2.39. The van der Waals surface area contributed by atoms with Gasteiger partial charge in [-0.1, -0.05) is 29.3 Å². The Balaban J connectivity index is 2.15. The number of benzene rings is 3. The molecule has 0 radical (unpaired) electrons. The van der Waals surface area contributed by atoms with Gasteiger partial charge in [0, 0.05) is 22.5 Å². The number of primary amides is 1. The molecule has 7 nitrogen and oxygen atoms in total. The maximum atomic E-state index is 14.5. The SMILES string of the molecule is COc1ccc(S(=O)(=O)N(CC(N)=O)c2ccc(Cl)cc2Cc2ccc(Cl)cc2F)cc1OC. The van der Waals surface area contributed by atoms with E-state index in [9.17, 15) is 17.6 Å². The molecule has 3 aromatic rings. The van der Waals surface area contributed by atoms with Crippen molar-refractivity contribution in [3.05, 3.63) is 81.6 Å². The van der Waals surface area contributed by atoms with Crippen LogP contribution in [0.15, 0.2) is 59.5 Å². The average molecular weight is 527 g/mol. The molecule has 0 saturated heterocycles. The molecule has 0 saturated carbocycles. The third-order valence-electron chi connectivity index (χ3n) is 4.95. The van der Waals surface area contributed by atoms with Gasteiger partial charge in [-0.05, 0) is 53.6 Å². The molecule has 0 aliphatic heterocycles. The van der Waals surface area contributed by atoms with Crippen LogP contribution in [-0.2, 0) is 21.2 Å². The first-order valence-corrected chi connectivity index (χ1v) is 12.0. The second-order valence-corrected chi connectivity index (χ2v) is 9.92. The fourth-order valence-electron chi connectivity index (χ4n) is 3.35. The topological polar surface area (TPSA) is 98.9 Å². The van der Waals surface area contributed by atoms with Gasteiger partial charge in [0.25, 0.3) is 10.0 Å². The van der Waals surface area contributed by atoms with E-state index in [0.717, 1.165) is 10.4 Å². The van der Waals surface area contributed by atoms with Gasteiger partial charge in [0.2, 0.25) is 5.91 Å². The Kier molecular flexibility index (Phi) is 7.91. The number of halogens is 3. The zero-order chi connectivity index (χ0) is 25.0. The molecule has 0 heterocycles. The van der Waals surface area contributed by atoms with E-state index in [4.69, 9.17) is 38.4 Å². The number of methoxy groups -OCH3 is 2. The largest absolute Gasteiger partial charge is 0.493 e. The van der Waals surface area contributed by atoms with Gasteiger partial charge < -0.3 is 15.2 Å². The molecule has 0 unspecified atom stereocenters. The third-order valence-corrected chi connectivity index (χ3v) is 7.17. The Labute approximate surface area is 206 Å². The minimum absolute atomic E-state index is 0.0182. The van der Waals surface area contributed by atoms with Crippen molar-refractivity contribution in [3.63, 3.8) is 0 Å². The Morgan fingerprint density at radius 2 is 1.59 bits per heavy atom. The summed E-state index contributed by atoms with van der Waals surface area (Å²) in [4.78, 5) is 11.7. The quantitative estimate of drug-likeness (QED) is 0.444. The number of hydrogen-bond acceptors (Lipinski definition) is 5. The fourth-order valence-corrected chi connectivity index (χ4v) is 5.19. The molecule has 0 atom stereocenters. The van der Waals surface area contributed by atoms with E-state index in [0.29, 0.717) is 16.3 Å². The normalized spacial score (nSPS) is 11.2. The summed E-state index contributed by atoms with van der Waals surface area (Å²) >= 11 is 12.0. The van der Waals surface area contributed by atoms with Crippen LogP contribution in [0.2, 0.25) is 10.0 Å². The van der Waals surface area contributed by atoms with Crippen molar-refractivity contribution in [3.8, 4) is 11.5 Å². The Morgan fingerprint density at radius 3 is 2.21 bits per heavy atom. The number of sulfonamides is 1. The van der Waals surface area contributed by atoms with Gasteiger partial charge in [-0.3, -0.25) is 9.10 Å². The smallest absolute Gasteiger partial charge is 0.264 e. The van der Waals surface area contributed by atoms with Crippen molar-refractivity contribution in [2.45, 2.75) is 11.3 Å². The van der Waals surface area contributed by atoms with Gasteiger partial charge in [0.05, 0.1) is 24.8 Å². The minimum atomic E-state index is -4.31. The van der Waals surface area contributed by atoms with Gasteiger partial charge in [-0.2, -0.15) is 0 Å². The predicted octanol–water partition coefficient (Wildman–Crippen LogP) is 4.42. The highest BCUT2D eigenvalue weighted by molar-refractivity contribution is 7.92. The van der Waals surface area contributed by atoms with Gasteiger partial charge in [-0.15, -0.1) is 0 Å². The lowest BCUT2D eigenvalue weighted by Gasteiger charge is -2.26. The number of ether oxygens (including phenoxy) is 2. The van der Waals surface area contributed by atoms with Crippen LogP contribution in [0.4, 0.5) is 10.1 Å². The number of carbonyl (C=O) groups is 1. The molecule has 180 valence electrons. The summed E-state index contributed by atoms with van der Waals surface area (Å²) in [6, 6.07) is 12.6. The van der Waals surface area contributed by atoms with Crippen molar-refractivity contribution in [1.82, 2.24) is 0 Å². The number of rotatable bonds is 9. The number of nitrogens with zero attached hydrogens (tertiary/aromatic N) is 1. The zero-order valence-electron chi connectivity index (χ0n) is 18.2. The molecule has 3 rings (SSSR count). The van der Waals surface area contributed by atoms with Crippen molar-refractivity contribution >= 4 is 44.8 Å². The van der Waals surface area contributed by atoms with Gasteiger partial charge in [-0.25, -0.2) is 12.8 Å². The number of hydrogen-bond donors (Lipinski definition) is 1. The zero-order valence-corrected chi connectivity index (χ0v) is 20.5. The van der Waals surface area contributed by atoms with Gasteiger partial charge in [0.1, 0.15) is 12.4 Å². The molecule has 0 aliphatic rings. The molecule has 0 aliphatic carbocycles. The van der Waals surface area contributed by atoms with Crippen LogP contribution in [0.5, 0.6) is 11.5 Å². The van der Waals surface area contributed by atoms with Crippen molar-refractivity contribution in [2.24, 2.45) is 5.73 Å². The summed E-state index contributed by atoms with van der Waals surface area (Å²) in [5.41, 5.74) is 6.13. The highest BCUT2D eigenvalue weighted by Crippen LogP contribution is 2.35. The number of amides is 1. The van der Waals surface area contributed by atoms with Crippen LogP contribution in [-0.4, -0.2) is 35.1 Å². The molecule has 1 amide bonds. The van der Waals surface area contributed by atoms with Crippen LogP contribution >= 0.6 is 23.2 Å². The Hall–Kier alpha value is -3.01. The molecule has 0 bridgehead atoms. The molecule has 2 N–H and O–H groups in total. The number of nitrogens with two attached hydrogens (primary N) is 1. The van der Waals surface area contributed by atoms with E-state index < -0.39 is 28.3 Å². The van der Waals surface area contributed by atoms with E-state index in [-0.39, 0.29) is 33.3 Å². The van der Waals surface area contributed by atoms with Crippen LogP contribution in [0.25, 0.3) is 0 Å². The summed E-state index contributed by atoms with van der Waals surface area (Å²) in [6.45, 7) is -0.658. The lowest BCUT2D eigenvalue weighted by molar-refractivity contribution is -0.116. The van der Waals surface area contributed by atoms with Gasteiger partial charge in [0.15, 0.2) is 11.5 Å². The van der Waals surface area contributed by atoms with Crippen LogP contribution in [0, 0.1) is 5.82 Å². The van der Waals surface area contributed by atoms with E-state index in [1.807, 2.05) is 0 Å². The van der Waals surface area contributed by atoms with Crippen LogP contribution in [0.1, 0.15) is 11.1 Å². The number of carbonyl (C=O) groups excluding carboxylic acids is 1. The monoisotopic (exact) mass is 526 g/mol. The highest BCUT2D eigenvalue weighted by atomic mass is 35.5. The average Bonchev–Trinajstić information content (AvgIpc) is 2.79. The number of anilines is 1. The molecule has 3 aromatic carbocycles. The second kappa shape index (κ2) is 10.5. The molecule has 34 heavy (non-hydrogen) atoms. The highest BCUT2D eigenvalue weighted by Gasteiger charge is 2.29. The molecule has 0 aromatic heterocycles. The molecular weight excluding hydrogens is 506 g/mol. The standard InChI is InChI=1S/C23H21Cl2FN2O5S/c1-32-21-8-6-18(12-22(21)33-2)34(30,31)28(13-23(27)29)20-7-5-16(24)10-15(20)9-14-3-4-17(25)11-19(14)26/h3-8,10-12H,9,13H2,1-2H3,(H2,27,29). The van der Waals surface area contributed by atoms with Crippen LogP contribution < -0.4 is 19.5 Å². The second-order valence-electron chi connectivity index (χ2n) is 7.18. The first-order valence-electron chi connectivity index (χ1n) is 9.82. The first-order chi connectivity index (χ1) is 16.1. The summed E-state index contributed by atoms with van der Waals surface area (Å²) < 4.78 is 53.0. The molecular formula is C23H21Cl2FN2O5S. The maximum absolute atomic E-state index is 14.5. The minimum Gasteiger partial charge on any atom is -0.493 e. The molecule has 0 spiro atoms. The van der Waals surface area contributed by atoms with E-state index in [2.05, 4.69) is 0 Å². The van der Waals surface area contributed by atoms with Crippen molar-refractivity contribution in [2.75, 3.05) is 25.1 Å². The summed E-state index contributed by atoms with van der Waals surface area (Å²) in [7, 11) is -1.53. The first kappa shape index (κ1) is 25.6. The lowest BCUT2D eigenvalue weighted by atomic mass is 10.0. The van der Waals surface area contributed by atoms with E-state index in [1.54, 1.807) is 0 Å². The van der Waals surface area contributed by atoms with Crippen molar-refractivity contribution in [1.29, 1.82) is 0 Å². The maximum Gasteiger partial charge on any atom is 0.264 e. The Morgan fingerprint density at radius 1 is 0.941 bits per heavy atom. The summed E-state index contributed by atoms with van der Waals surface area (Å²) in [6.07, 6.45) is -0.0182. The van der Waals surface area contributed by atoms with E-state index >= 15 is 0 Å². The van der Waals surface area contributed by atoms with E-state index in [1.165, 1.54) is 62.8 Å². The predicted molar refractivity (Wildman–Crippen MR) is 129 cm³/mol. The fraction of sp³-hybridized carbons (Fsp3) is 0.174. The van der Waals surface area contributed by atoms with Crippen LogP contribution in [0.3, 0.4) is 0 Å². The molecule has 0 fully saturated rings. The third kappa shape index (κ3) is 5.55. The summed E-state index contributed by atoms with van der Waals surface area (Å²) in [5, 5.41) is 0.523. The Bertz CT molecular complexity index is 1330.